The lowest BCUT2D eigenvalue weighted by Gasteiger charge is -2.16. The molecule has 0 saturated heterocycles. The number of nitrogens with two attached hydrogens (primary N) is 1. The highest BCUT2D eigenvalue weighted by atomic mass is 32.2. The van der Waals surface area contributed by atoms with E-state index in [-0.39, 0.29) is 22.9 Å². The molecule has 3 rings (SSSR count). The molecule has 1 aromatic rings. The van der Waals surface area contributed by atoms with Crippen molar-refractivity contribution < 1.29 is 13.2 Å². The van der Waals surface area contributed by atoms with Crippen molar-refractivity contribution in [3.05, 3.63) is 29.3 Å². The molecule has 2 saturated carbocycles. The van der Waals surface area contributed by atoms with Crippen LogP contribution in [0.5, 0.6) is 0 Å². The fourth-order valence-electron chi connectivity index (χ4n) is 3.36. The summed E-state index contributed by atoms with van der Waals surface area (Å²) in [6.45, 7) is 2.16. The van der Waals surface area contributed by atoms with Crippen molar-refractivity contribution in [3.63, 3.8) is 0 Å². The highest BCUT2D eigenvalue weighted by Gasteiger charge is 2.29. The normalized spacial score (nSPS) is 19.8. The Hall–Kier alpha value is -1.44. The maximum atomic E-state index is 12.7. The van der Waals surface area contributed by atoms with Crippen LogP contribution in [0, 0.1) is 12.8 Å². The molecule has 138 valence electrons. The zero-order valence-electron chi connectivity index (χ0n) is 14.6. The Morgan fingerprint density at radius 1 is 1.24 bits per heavy atom. The second-order valence-corrected chi connectivity index (χ2v) is 8.98. The molecule has 0 aliphatic heterocycles. The van der Waals surface area contributed by atoms with Gasteiger partial charge < -0.3 is 11.1 Å². The molecule has 1 atom stereocenters. The first-order chi connectivity index (χ1) is 11.9. The van der Waals surface area contributed by atoms with Crippen molar-refractivity contribution in [2.24, 2.45) is 11.7 Å². The van der Waals surface area contributed by atoms with Gasteiger partial charge >= 0.3 is 0 Å². The Balaban J connectivity index is 1.71. The third-order valence-electron chi connectivity index (χ3n) is 5.14. The fraction of sp³-hybridized carbons (Fsp3) is 0.611. The van der Waals surface area contributed by atoms with Gasteiger partial charge in [-0.2, -0.15) is 0 Å². The first-order valence-electron chi connectivity index (χ1n) is 9.03. The minimum Gasteiger partial charge on any atom is -0.350 e. The van der Waals surface area contributed by atoms with Crippen molar-refractivity contribution in [2.75, 3.05) is 6.54 Å². The predicted octanol–water partition coefficient (Wildman–Crippen LogP) is 1.68. The molecular weight excluding hydrogens is 338 g/mol. The van der Waals surface area contributed by atoms with E-state index in [1.807, 2.05) is 0 Å². The molecule has 0 spiro atoms. The number of nitrogens with one attached hydrogen (secondary N) is 2. The first kappa shape index (κ1) is 18.4. The van der Waals surface area contributed by atoms with Crippen molar-refractivity contribution in [1.29, 1.82) is 0 Å². The molecule has 6 nitrogen and oxygen atoms in total. The van der Waals surface area contributed by atoms with Crippen molar-refractivity contribution in [2.45, 2.75) is 62.4 Å². The number of hydrogen-bond acceptors (Lipinski definition) is 4. The van der Waals surface area contributed by atoms with E-state index in [1.165, 1.54) is 6.07 Å². The number of carbonyl (C=O) groups excluding carboxylic acids is 1. The highest BCUT2D eigenvalue weighted by Crippen LogP contribution is 2.31. The molecule has 7 heteroatoms. The predicted molar refractivity (Wildman–Crippen MR) is 96.8 cm³/mol. The number of hydrogen-bond donors (Lipinski definition) is 3. The lowest BCUT2D eigenvalue weighted by atomic mass is 10.1. The smallest absolute Gasteiger partial charge is 0.251 e. The standard InChI is InChI=1S/C18H27N3O3S/c1-12-6-7-14(18(22)20-11-16(19)13-8-9-13)10-17(12)25(23,24)21-15-4-2-3-5-15/h6-7,10,13,15-16,21H,2-5,8-9,11,19H2,1H3,(H,20,22). The fourth-order valence-corrected chi connectivity index (χ4v) is 4.94. The van der Waals surface area contributed by atoms with Gasteiger partial charge in [0, 0.05) is 24.2 Å². The van der Waals surface area contributed by atoms with E-state index in [0.29, 0.717) is 23.6 Å². The van der Waals surface area contributed by atoms with Crippen LogP contribution in [0.25, 0.3) is 0 Å². The van der Waals surface area contributed by atoms with E-state index in [9.17, 15) is 13.2 Å². The van der Waals surface area contributed by atoms with Crippen LogP contribution >= 0.6 is 0 Å². The van der Waals surface area contributed by atoms with Gasteiger partial charge in [0.1, 0.15) is 0 Å². The third-order valence-corrected chi connectivity index (χ3v) is 6.81. The van der Waals surface area contributed by atoms with Crippen molar-refractivity contribution in [1.82, 2.24) is 10.0 Å². The maximum absolute atomic E-state index is 12.7. The van der Waals surface area contributed by atoms with Gasteiger partial charge in [0.15, 0.2) is 0 Å². The van der Waals surface area contributed by atoms with Gasteiger partial charge in [0.2, 0.25) is 10.0 Å². The third kappa shape index (κ3) is 4.59. The molecule has 4 N–H and O–H groups in total. The van der Waals surface area contributed by atoms with Crippen LogP contribution in [0.15, 0.2) is 23.1 Å². The van der Waals surface area contributed by atoms with E-state index < -0.39 is 10.0 Å². The van der Waals surface area contributed by atoms with Gasteiger partial charge in [-0.05, 0) is 56.2 Å². The van der Waals surface area contributed by atoms with E-state index in [4.69, 9.17) is 5.73 Å². The number of carbonyl (C=O) groups is 1. The summed E-state index contributed by atoms with van der Waals surface area (Å²) >= 11 is 0. The number of sulfonamides is 1. The molecule has 1 aromatic carbocycles. The Morgan fingerprint density at radius 3 is 2.56 bits per heavy atom. The molecule has 0 radical (unpaired) electrons. The number of benzene rings is 1. The van der Waals surface area contributed by atoms with Gasteiger partial charge in [-0.3, -0.25) is 4.79 Å². The summed E-state index contributed by atoms with van der Waals surface area (Å²) < 4.78 is 28.1. The molecule has 2 aliphatic rings. The van der Waals surface area contributed by atoms with Gasteiger partial charge in [-0.1, -0.05) is 18.9 Å². The molecule has 0 heterocycles. The molecule has 1 unspecified atom stereocenters. The molecule has 2 aliphatic carbocycles. The average Bonchev–Trinajstić information content (AvgIpc) is 3.31. The lowest BCUT2D eigenvalue weighted by Crippen LogP contribution is -2.38. The van der Waals surface area contributed by atoms with Crippen LogP contribution in [0.1, 0.15) is 54.4 Å². The summed E-state index contributed by atoms with van der Waals surface area (Å²) in [6, 6.07) is 4.77. The van der Waals surface area contributed by atoms with Crippen molar-refractivity contribution >= 4 is 15.9 Å². The largest absolute Gasteiger partial charge is 0.350 e. The number of rotatable bonds is 7. The van der Waals surface area contributed by atoms with Gasteiger partial charge in [-0.25, -0.2) is 13.1 Å². The summed E-state index contributed by atoms with van der Waals surface area (Å²) in [5.41, 5.74) is 6.98. The van der Waals surface area contributed by atoms with E-state index in [1.54, 1.807) is 19.1 Å². The average molecular weight is 365 g/mol. The summed E-state index contributed by atoms with van der Waals surface area (Å²) in [7, 11) is -3.62. The highest BCUT2D eigenvalue weighted by molar-refractivity contribution is 7.89. The van der Waals surface area contributed by atoms with Crippen LogP contribution < -0.4 is 15.8 Å². The van der Waals surface area contributed by atoms with E-state index in [2.05, 4.69) is 10.0 Å². The van der Waals surface area contributed by atoms with Crippen LogP contribution in [0.2, 0.25) is 0 Å². The molecule has 1 amide bonds. The zero-order valence-corrected chi connectivity index (χ0v) is 15.4. The first-order valence-corrected chi connectivity index (χ1v) is 10.5. The minimum absolute atomic E-state index is 0.00146. The summed E-state index contributed by atoms with van der Waals surface area (Å²) in [4.78, 5) is 12.5. The van der Waals surface area contributed by atoms with Crippen LogP contribution in [-0.2, 0) is 10.0 Å². The van der Waals surface area contributed by atoms with Crippen molar-refractivity contribution in [3.8, 4) is 0 Å². The van der Waals surface area contributed by atoms with Gasteiger partial charge in [-0.15, -0.1) is 0 Å². The topological polar surface area (TPSA) is 101 Å². The lowest BCUT2D eigenvalue weighted by molar-refractivity contribution is 0.0950. The Kier molecular flexibility index (Phi) is 5.46. The van der Waals surface area contributed by atoms with Crippen LogP contribution in [-0.4, -0.2) is 33.0 Å². The monoisotopic (exact) mass is 365 g/mol. The van der Waals surface area contributed by atoms with E-state index in [0.717, 1.165) is 38.5 Å². The van der Waals surface area contributed by atoms with Gasteiger partial charge in [0.25, 0.3) is 5.91 Å². The summed E-state index contributed by atoms with van der Waals surface area (Å²) in [5.74, 6) is 0.221. The number of amides is 1. The molecular formula is C18H27N3O3S. The SMILES string of the molecule is Cc1ccc(C(=O)NCC(N)C2CC2)cc1S(=O)(=O)NC1CCCC1. The minimum atomic E-state index is -3.62. The summed E-state index contributed by atoms with van der Waals surface area (Å²) in [5, 5.41) is 2.81. The molecule has 0 aromatic heterocycles. The van der Waals surface area contributed by atoms with Crippen LogP contribution in [0.4, 0.5) is 0 Å². The second-order valence-electron chi connectivity index (χ2n) is 7.29. The van der Waals surface area contributed by atoms with Crippen LogP contribution in [0.3, 0.4) is 0 Å². The summed E-state index contributed by atoms with van der Waals surface area (Å²) in [6.07, 6.45) is 6.09. The molecule has 2 fully saturated rings. The maximum Gasteiger partial charge on any atom is 0.251 e. The quantitative estimate of drug-likeness (QED) is 0.684. The Morgan fingerprint density at radius 2 is 1.92 bits per heavy atom. The Bertz CT molecular complexity index is 738. The zero-order chi connectivity index (χ0) is 18.0. The second kappa shape index (κ2) is 7.43. The van der Waals surface area contributed by atoms with Gasteiger partial charge in [0.05, 0.1) is 4.90 Å². The molecule has 25 heavy (non-hydrogen) atoms. The number of aryl methyl sites for hydroxylation is 1. The molecule has 0 bridgehead atoms. The van der Waals surface area contributed by atoms with E-state index >= 15 is 0 Å². The Labute approximate surface area is 149 Å².